The van der Waals surface area contributed by atoms with E-state index >= 15 is 0 Å². The average molecular weight is 413 g/mol. The molecule has 2 unspecified atom stereocenters. The third-order valence-corrected chi connectivity index (χ3v) is 6.65. The summed E-state index contributed by atoms with van der Waals surface area (Å²) in [7, 11) is 0. The molecule has 2 aromatic rings. The maximum atomic E-state index is 10.8. The van der Waals surface area contributed by atoms with Crippen molar-refractivity contribution in [2.45, 2.75) is 25.1 Å². The zero-order valence-corrected chi connectivity index (χ0v) is 17.4. The number of pyridine rings is 1. The van der Waals surface area contributed by atoms with Gasteiger partial charge in [0.25, 0.3) is 0 Å². The summed E-state index contributed by atoms with van der Waals surface area (Å²) in [5.74, 6) is 6.69. The number of aliphatic hydroxyl groups excluding tert-OH is 2. The van der Waals surface area contributed by atoms with E-state index in [1.807, 2.05) is 23.7 Å². The number of hydrogen-bond acceptors (Lipinski definition) is 7. The molecule has 0 radical (unpaired) electrons. The van der Waals surface area contributed by atoms with Gasteiger partial charge in [-0.15, -0.1) is 11.3 Å². The number of rotatable bonds is 4. The molecule has 0 spiro atoms. The molecule has 0 saturated carbocycles. The van der Waals surface area contributed by atoms with Gasteiger partial charge in [0.15, 0.2) is 0 Å². The molecule has 154 valence electrons. The number of piperidine rings is 1. The zero-order valence-electron chi connectivity index (χ0n) is 16.6. The van der Waals surface area contributed by atoms with Gasteiger partial charge in [-0.25, -0.2) is 4.98 Å². The molecule has 7 heteroatoms. The van der Waals surface area contributed by atoms with Crippen molar-refractivity contribution in [3.05, 3.63) is 46.3 Å². The van der Waals surface area contributed by atoms with Gasteiger partial charge >= 0.3 is 0 Å². The highest BCUT2D eigenvalue weighted by Gasteiger charge is 2.33. The summed E-state index contributed by atoms with van der Waals surface area (Å²) >= 11 is 1.69. The Morgan fingerprint density at radius 3 is 2.76 bits per heavy atom. The van der Waals surface area contributed by atoms with Crippen molar-refractivity contribution in [2.75, 3.05) is 50.8 Å². The number of aromatic nitrogens is 1. The molecule has 4 rings (SSSR count). The Labute approximate surface area is 176 Å². The Morgan fingerprint density at radius 2 is 2.03 bits per heavy atom. The van der Waals surface area contributed by atoms with Crippen LogP contribution in [0, 0.1) is 11.8 Å². The molecule has 2 fully saturated rings. The molecule has 0 aliphatic carbocycles. The SMILES string of the molecule is OCC#Cc1csc(CN2CCC(N3CCN(c4ccccn4)CC3)C(O)C2)c1. The minimum Gasteiger partial charge on any atom is -0.390 e. The molecule has 2 saturated heterocycles. The summed E-state index contributed by atoms with van der Waals surface area (Å²) in [6.45, 7) is 6.29. The molecular formula is C22H28N4O2S. The first-order chi connectivity index (χ1) is 14.2. The van der Waals surface area contributed by atoms with Crippen LogP contribution < -0.4 is 4.90 Å². The number of thiophene rings is 1. The van der Waals surface area contributed by atoms with Gasteiger partial charge in [0.05, 0.1) is 6.10 Å². The maximum Gasteiger partial charge on any atom is 0.128 e. The van der Waals surface area contributed by atoms with Crippen molar-refractivity contribution in [1.29, 1.82) is 0 Å². The second-order valence-electron chi connectivity index (χ2n) is 7.63. The number of likely N-dealkylation sites (tertiary alicyclic amines) is 1. The van der Waals surface area contributed by atoms with E-state index in [9.17, 15) is 5.11 Å². The molecule has 0 aromatic carbocycles. The van der Waals surface area contributed by atoms with Gasteiger partial charge in [0.2, 0.25) is 0 Å². The van der Waals surface area contributed by atoms with Gasteiger partial charge in [-0.05, 0) is 24.6 Å². The highest BCUT2D eigenvalue weighted by atomic mass is 32.1. The van der Waals surface area contributed by atoms with Crippen LogP contribution in [0.5, 0.6) is 0 Å². The van der Waals surface area contributed by atoms with E-state index in [4.69, 9.17) is 5.11 Å². The predicted molar refractivity (Wildman–Crippen MR) is 116 cm³/mol. The van der Waals surface area contributed by atoms with Gasteiger partial charge in [-0.2, -0.15) is 0 Å². The average Bonchev–Trinajstić information content (AvgIpc) is 3.20. The van der Waals surface area contributed by atoms with Crippen LogP contribution in [-0.4, -0.2) is 83.0 Å². The lowest BCUT2D eigenvalue weighted by Crippen LogP contribution is -2.58. The third kappa shape index (κ3) is 5.16. The maximum absolute atomic E-state index is 10.8. The van der Waals surface area contributed by atoms with Crippen molar-refractivity contribution in [1.82, 2.24) is 14.8 Å². The largest absolute Gasteiger partial charge is 0.390 e. The van der Waals surface area contributed by atoms with Crippen LogP contribution >= 0.6 is 11.3 Å². The van der Waals surface area contributed by atoms with Crippen LogP contribution in [0.15, 0.2) is 35.8 Å². The van der Waals surface area contributed by atoms with Crippen LogP contribution in [0.3, 0.4) is 0 Å². The van der Waals surface area contributed by atoms with Gasteiger partial charge in [0.1, 0.15) is 12.4 Å². The summed E-state index contributed by atoms with van der Waals surface area (Å²) < 4.78 is 0. The van der Waals surface area contributed by atoms with E-state index in [1.54, 1.807) is 11.3 Å². The van der Waals surface area contributed by atoms with Crippen LogP contribution in [-0.2, 0) is 6.54 Å². The second-order valence-corrected chi connectivity index (χ2v) is 8.63. The molecule has 29 heavy (non-hydrogen) atoms. The highest BCUT2D eigenvalue weighted by Crippen LogP contribution is 2.23. The molecule has 2 aliphatic rings. The molecule has 2 aliphatic heterocycles. The van der Waals surface area contributed by atoms with E-state index in [0.717, 1.165) is 57.1 Å². The first-order valence-electron chi connectivity index (χ1n) is 10.2. The fourth-order valence-corrected chi connectivity index (χ4v) is 5.13. The first-order valence-corrected chi connectivity index (χ1v) is 11.1. The normalized spacial score (nSPS) is 23.6. The standard InChI is InChI=1S/C22H28N4O2S/c27-13-3-4-18-14-19(29-17-18)15-24-8-6-20(21(28)16-24)25-9-11-26(12-10-25)22-5-1-2-7-23-22/h1-2,5,7,14,17,20-21,27-28H,6,8-13,15-16H2. The van der Waals surface area contributed by atoms with Crippen molar-refractivity contribution in [2.24, 2.45) is 0 Å². The quantitative estimate of drug-likeness (QED) is 0.737. The van der Waals surface area contributed by atoms with E-state index in [-0.39, 0.29) is 18.8 Å². The van der Waals surface area contributed by atoms with Crippen LogP contribution in [0.25, 0.3) is 0 Å². The highest BCUT2D eigenvalue weighted by molar-refractivity contribution is 7.10. The second kappa shape index (κ2) is 9.70. The number of nitrogens with zero attached hydrogens (tertiary/aromatic N) is 4. The lowest BCUT2D eigenvalue weighted by molar-refractivity contribution is -0.0169. The fraction of sp³-hybridized carbons (Fsp3) is 0.500. The van der Waals surface area contributed by atoms with Crippen LogP contribution in [0.2, 0.25) is 0 Å². The molecule has 0 amide bonds. The monoisotopic (exact) mass is 412 g/mol. The number of hydrogen-bond donors (Lipinski definition) is 2. The summed E-state index contributed by atoms with van der Waals surface area (Å²) in [5, 5.41) is 21.7. The van der Waals surface area contributed by atoms with Gasteiger partial charge < -0.3 is 15.1 Å². The topological polar surface area (TPSA) is 63.1 Å². The minimum absolute atomic E-state index is 0.110. The number of piperazine rings is 1. The molecule has 2 N–H and O–H groups in total. The summed E-state index contributed by atoms with van der Waals surface area (Å²) in [5.41, 5.74) is 0.959. The molecule has 2 atom stereocenters. The van der Waals surface area contributed by atoms with Gasteiger partial charge in [-0.1, -0.05) is 17.9 Å². The van der Waals surface area contributed by atoms with Crippen LogP contribution in [0.1, 0.15) is 16.9 Å². The lowest BCUT2D eigenvalue weighted by Gasteiger charge is -2.45. The van der Waals surface area contributed by atoms with Crippen molar-refractivity contribution in [3.8, 4) is 11.8 Å². The molecule has 4 heterocycles. The lowest BCUT2D eigenvalue weighted by atomic mass is 9.99. The van der Waals surface area contributed by atoms with Crippen molar-refractivity contribution in [3.63, 3.8) is 0 Å². The van der Waals surface area contributed by atoms with E-state index < -0.39 is 0 Å². The number of β-amino-alcohol motifs (C(OH)–C–C–N with tert-alkyl or cyclic N) is 1. The zero-order chi connectivity index (χ0) is 20.1. The Kier molecular flexibility index (Phi) is 6.80. The fourth-order valence-electron chi connectivity index (χ4n) is 4.27. The van der Waals surface area contributed by atoms with Crippen LogP contribution in [0.4, 0.5) is 5.82 Å². The third-order valence-electron chi connectivity index (χ3n) is 5.73. The molecule has 6 nitrogen and oxygen atoms in total. The van der Waals surface area contributed by atoms with Crippen molar-refractivity contribution < 1.29 is 10.2 Å². The van der Waals surface area contributed by atoms with Gasteiger partial charge in [0, 0.05) is 73.9 Å². The summed E-state index contributed by atoms with van der Waals surface area (Å²) in [6.07, 6.45) is 2.52. The summed E-state index contributed by atoms with van der Waals surface area (Å²) in [4.78, 5) is 12.8. The number of anilines is 1. The molecule has 0 bridgehead atoms. The van der Waals surface area contributed by atoms with E-state index in [2.05, 4.69) is 43.7 Å². The van der Waals surface area contributed by atoms with E-state index in [1.165, 1.54) is 4.88 Å². The van der Waals surface area contributed by atoms with E-state index in [0.29, 0.717) is 6.54 Å². The Morgan fingerprint density at radius 1 is 1.17 bits per heavy atom. The predicted octanol–water partition coefficient (Wildman–Crippen LogP) is 1.24. The van der Waals surface area contributed by atoms with Gasteiger partial charge in [-0.3, -0.25) is 9.80 Å². The smallest absolute Gasteiger partial charge is 0.128 e. The Bertz CT molecular complexity index is 839. The molecule has 2 aromatic heterocycles. The Hall–Kier alpha value is -1.95. The van der Waals surface area contributed by atoms with Crippen molar-refractivity contribution >= 4 is 17.2 Å². The first kappa shape index (κ1) is 20.3. The summed E-state index contributed by atoms with van der Waals surface area (Å²) in [6, 6.07) is 8.37. The Balaban J connectivity index is 1.27. The minimum atomic E-state index is -0.321. The molecular weight excluding hydrogens is 384 g/mol. The number of aliphatic hydroxyl groups is 2.